The molecule has 3 aromatic rings. The van der Waals surface area contributed by atoms with Crippen LogP contribution < -0.4 is 14.8 Å². The van der Waals surface area contributed by atoms with Crippen molar-refractivity contribution in [2.45, 2.75) is 39.7 Å². The Morgan fingerprint density at radius 1 is 1.17 bits per heavy atom. The van der Waals surface area contributed by atoms with Gasteiger partial charge in [-0.05, 0) is 68.4 Å². The Hall–Kier alpha value is -3.46. The number of hydrogen-bond donors (Lipinski definition) is 1. The van der Waals surface area contributed by atoms with Crippen molar-refractivity contribution in [3.63, 3.8) is 0 Å². The highest BCUT2D eigenvalue weighted by Gasteiger charge is 2.34. The van der Waals surface area contributed by atoms with E-state index in [9.17, 15) is 4.39 Å². The number of unbranched alkanes of at least 4 members (excludes halogenated alkanes) is 1. The van der Waals surface area contributed by atoms with E-state index in [4.69, 9.17) is 26.2 Å². The van der Waals surface area contributed by atoms with E-state index in [2.05, 4.69) is 27.3 Å². The Kier molecular flexibility index (Phi) is 7.65. The van der Waals surface area contributed by atoms with Gasteiger partial charge in [-0.1, -0.05) is 30.6 Å². The molecule has 0 fully saturated rings. The summed E-state index contributed by atoms with van der Waals surface area (Å²) >= 11 is 5.72. The van der Waals surface area contributed by atoms with Crippen molar-refractivity contribution in [1.82, 2.24) is 20.4 Å². The summed E-state index contributed by atoms with van der Waals surface area (Å²) in [6, 6.07) is 12.1. The molecule has 0 bridgehead atoms. The van der Waals surface area contributed by atoms with E-state index < -0.39 is 5.82 Å². The number of nitrogens with one attached hydrogen (secondary N) is 1. The first-order valence-corrected chi connectivity index (χ1v) is 12.1. The third-order valence-electron chi connectivity index (χ3n) is 5.92. The van der Waals surface area contributed by atoms with Crippen molar-refractivity contribution in [2.75, 3.05) is 20.3 Å². The fraction of sp³-hybridized carbons (Fsp3) is 0.346. The van der Waals surface area contributed by atoms with Crippen molar-refractivity contribution in [3.8, 4) is 22.9 Å². The summed E-state index contributed by atoms with van der Waals surface area (Å²) in [6.45, 7) is 7.47. The standard InChI is InChI=1S/C26H29FN4O3S/c1-5-7-14-31-16(3)22(23(28-26(31)35)17-8-11-19(12-9-17)33-6-2)25-29-24(30-34-25)18-10-13-21(32-4)20(27)15-18/h8-13,15,23H,5-7,14H2,1-4H3,(H,28,35). The SMILES string of the molecule is CCCCN1C(=S)NC(c2ccc(OCC)cc2)C(c2nc(-c3ccc(OC)c(F)c3)no2)=C1C. The fourth-order valence-electron chi connectivity index (χ4n) is 4.07. The van der Waals surface area contributed by atoms with E-state index in [-0.39, 0.29) is 11.8 Å². The van der Waals surface area contributed by atoms with Crippen LogP contribution in [0.25, 0.3) is 17.0 Å². The van der Waals surface area contributed by atoms with Gasteiger partial charge in [-0.25, -0.2) is 4.39 Å². The monoisotopic (exact) mass is 496 g/mol. The van der Waals surface area contributed by atoms with Crippen LogP contribution in [0.3, 0.4) is 0 Å². The van der Waals surface area contributed by atoms with E-state index in [1.807, 2.05) is 38.1 Å². The summed E-state index contributed by atoms with van der Waals surface area (Å²) in [5.41, 5.74) is 3.25. The van der Waals surface area contributed by atoms with Crippen LogP contribution in [0.2, 0.25) is 0 Å². The fourth-order valence-corrected chi connectivity index (χ4v) is 4.42. The van der Waals surface area contributed by atoms with Crippen LogP contribution in [-0.2, 0) is 0 Å². The van der Waals surface area contributed by atoms with Gasteiger partial charge in [-0.3, -0.25) is 0 Å². The minimum absolute atomic E-state index is 0.156. The molecule has 1 aliphatic rings. The molecule has 1 unspecified atom stereocenters. The number of aromatic nitrogens is 2. The summed E-state index contributed by atoms with van der Waals surface area (Å²) in [5, 5.41) is 8.24. The number of allylic oxidation sites excluding steroid dienone is 1. The summed E-state index contributed by atoms with van der Waals surface area (Å²) in [6.07, 6.45) is 2.03. The minimum atomic E-state index is -0.491. The van der Waals surface area contributed by atoms with Gasteiger partial charge in [0.1, 0.15) is 5.75 Å². The van der Waals surface area contributed by atoms with Gasteiger partial charge in [0, 0.05) is 17.8 Å². The predicted molar refractivity (Wildman–Crippen MR) is 137 cm³/mol. The van der Waals surface area contributed by atoms with E-state index in [0.717, 1.165) is 42.0 Å². The van der Waals surface area contributed by atoms with Gasteiger partial charge < -0.3 is 24.2 Å². The number of thiocarbonyl (C=S) groups is 1. The quantitative estimate of drug-likeness (QED) is 0.376. The van der Waals surface area contributed by atoms with Crippen LogP contribution in [0.5, 0.6) is 11.5 Å². The maximum absolute atomic E-state index is 14.3. The summed E-state index contributed by atoms with van der Waals surface area (Å²) in [5.74, 6) is 1.10. The van der Waals surface area contributed by atoms with Gasteiger partial charge in [0.15, 0.2) is 16.7 Å². The molecule has 2 aromatic carbocycles. The highest BCUT2D eigenvalue weighted by molar-refractivity contribution is 7.80. The van der Waals surface area contributed by atoms with Gasteiger partial charge in [0.25, 0.3) is 5.89 Å². The number of ether oxygens (including phenoxy) is 2. The Labute approximate surface area is 209 Å². The minimum Gasteiger partial charge on any atom is -0.494 e. The molecule has 0 spiro atoms. The Morgan fingerprint density at radius 2 is 1.94 bits per heavy atom. The predicted octanol–water partition coefficient (Wildman–Crippen LogP) is 5.75. The lowest BCUT2D eigenvalue weighted by Gasteiger charge is -2.37. The third-order valence-corrected chi connectivity index (χ3v) is 6.26. The second-order valence-electron chi connectivity index (χ2n) is 8.16. The molecule has 0 saturated heterocycles. The summed E-state index contributed by atoms with van der Waals surface area (Å²) in [7, 11) is 1.42. The van der Waals surface area contributed by atoms with E-state index >= 15 is 0 Å². The van der Waals surface area contributed by atoms with Crippen molar-refractivity contribution in [2.24, 2.45) is 0 Å². The van der Waals surface area contributed by atoms with Gasteiger partial charge >= 0.3 is 0 Å². The van der Waals surface area contributed by atoms with Crippen LogP contribution in [0, 0.1) is 5.82 Å². The lowest BCUT2D eigenvalue weighted by molar-refractivity contribution is 0.340. The Balaban J connectivity index is 1.76. The maximum Gasteiger partial charge on any atom is 0.258 e. The maximum atomic E-state index is 14.3. The van der Waals surface area contributed by atoms with Crippen LogP contribution in [-0.4, -0.2) is 40.4 Å². The Bertz CT molecular complexity index is 1230. The Morgan fingerprint density at radius 3 is 2.60 bits per heavy atom. The highest BCUT2D eigenvalue weighted by Crippen LogP contribution is 2.38. The topological polar surface area (TPSA) is 72.7 Å². The highest BCUT2D eigenvalue weighted by atomic mass is 32.1. The second-order valence-corrected chi connectivity index (χ2v) is 8.55. The zero-order valence-corrected chi connectivity index (χ0v) is 21.1. The molecule has 1 atom stereocenters. The molecule has 2 heterocycles. The first kappa shape index (κ1) is 24.7. The van der Waals surface area contributed by atoms with E-state index in [0.29, 0.717) is 29.0 Å². The molecule has 1 aliphatic heterocycles. The lowest BCUT2D eigenvalue weighted by Crippen LogP contribution is -2.46. The number of hydrogen-bond acceptors (Lipinski definition) is 6. The molecular formula is C26H29FN4O3S. The molecule has 9 heteroatoms. The smallest absolute Gasteiger partial charge is 0.258 e. The molecule has 1 aromatic heterocycles. The van der Waals surface area contributed by atoms with Gasteiger partial charge in [0.2, 0.25) is 5.82 Å². The van der Waals surface area contributed by atoms with Crippen LogP contribution in [0.15, 0.2) is 52.7 Å². The van der Waals surface area contributed by atoms with Crippen molar-refractivity contribution < 1.29 is 18.4 Å². The molecule has 0 aliphatic carbocycles. The second kappa shape index (κ2) is 10.9. The molecular weight excluding hydrogens is 467 g/mol. The van der Waals surface area contributed by atoms with Crippen molar-refractivity contribution >= 4 is 22.9 Å². The zero-order chi connectivity index (χ0) is 24.9. The molecule has 0 radical (unpaired) electrons. The lowest BCUT2D eigenvalue weighted by atomic mass is 9.94. The average Bonchev–Trinajstić information content (AvgIpc) is 3.34. The molecule has 0 amide bonds. The number of nitrogens with zero attached hydrogens (tertiary/aromatic N) is 3. The van der Waals surface area contributed by atoms with Gasteiger partial charge in [-0.15, -0.1) is 0 Å². The summed E-state index contributed by atoms with van der Waals surface area (Å²) in [4.78, 5) is 6.70. The number of benzene rings is 2. The largest absolute Gasteiger partial charge is 0.494 e. The summed E-state index contributed by atoms with van der Waals surface area (Å²) < 4.78 is 30.6. The molecule has 35 heavy (non-hydrogen) atoms. The van der Waals surface area contributed by atoms with Crippen molar-refractivity contribution in [1.29, 1.82) is 0 Å². The zero-order valence-electron chi connectivity index (χ0n) is 20.3. The molecule has 4 rings (SSSR count). The number of methoxy groups -OCH3 is 1. The third kappa shape index (κ3) is 5.14. The van der Waals surface area contributed by atoms with Crippen LogP contribution in [0.1, 0.15) is 51.1 Å². The van der Waals surface area contributed by atoms with Crippen LogP contribution in [0.4, 0.5) is 4.39 Å². The molecule has 0 saturated carbocycles. The molecule has 7 nitrogen and oxygen atoms in total. The van der Waals surface area contributed by atoms with Gasteiger partial charge in [-0.2, -0.15) is 4.98 Å². The number of halogens is 1. The number of rotatable bonds is 9. The normalized spacial score (nSPS) is 15.9. The van der Waals surface area contributed by atoms with Crippen molar-refractivity contribution in [3.05, 3.63) is 65.4 Å². The van der Waals surface area contributed by atoms with Crippen LogP contribution >= 0.6 is 12.2 Å². The average molecular weight is 497 g/mol. The van der Waals surface area contributed by atoms with Gasteiger partial charge in [0.05, 0.1) is 25.3 Å². The molecule has 184 valence electrons. The first-order valence-electron chi connectivity index (χ1n) is 11.7. The van der Waals surface area contributed by atoms with E-state index in [1.54, 1.807) is 12.1 Å². The van der Waals surface area contributed by atoms with E-state index in [1.165, 1.54) is 13.2 Å². The molecule has 1 N–H and O–H groups in total. The first-order chi connectivity index (χ1) is 17.0.